The Kier molecular flexibility index (Phi) is 4.26. The smallest absolute Gasteiger partial charge is 0.300 e. The maximum absolute atomic E-state index is 12.1. The molecule has 0 N–H and O–H groups in total. The topological polar surface area (TPSA) is 151 Å². The highest BCUT2D eigenvalue weighted by atomic mass is 16.6. The minimum atomic E-state index is -1.30. The zero-order chi connectivity index (χ0) is 18.2. The maximum Gasteiger partial charge on any atom is 0.300 e. The van der Waals surface area contributed by atoms with Crippen LogP contribution in [0.15, 0.2) is 23.0 Å². The summed E-state index contributed by atoms with van der Waals surface area (Å²) in [5.41, 5.74) is -2.17. The van der Waals surface area contributed by atoms with Crippen LogP contribution in [0.4, 0.5) is 11.4 Å². The molecule has 0 aliphatic rings. The van der Waals surface area contributed by atoms with Gasteiger partial charge in [-0.05, 0) is 0 Å². The highest BCUT2D eigenvalue weighted by molar-refractivity contribution is 5.92. The van der Waals surface area contributed by atoms with Crippen molar-refractivity contribution in [1.29, 1.82) is 0 Å². The van der Waals surface area contributed by atoms with Crippen LogP contribution < -0.4 is 5.56 Å². The fourth-order valence-corrected chi connectivity index (χ4v) is 2.60. The Labute approximate surface area is 133 Å². The number of rotatable bonds is 5. The van der Waals surface area contributed by atoms with Crippen LogP contribution in [-0.2, 0) is 7.05 Å². The molecule has 0 saturated heterocycles. The molecular weight excluding hydrogens is 324 g/mol. The van der Waals surface area contributed by atoms with E-state index in [9.17, 15) is 35.1 Å². The molecule has 11 heteroatoms. The minimum absolute atomic E-state index is 0.0196. The molecule has 2 aromatic rings. The summed E-state index contributed by atoms with van der Waals surface area (Å²) >= 11 is 0. The van der Waals surface area contributed by atoms with Crippen molar-refractivity contribution >= 4 is 22.3 Å². The van der Waals surface area contributed by atoms with Gasteiger partial charge in [0.05, 0.1) is 15.9 Å². The molecule has 126 valence electrons. The summed E-state index contributed by atoms with van der Waals surface area (Å²) in [5, 5.41) is 33.5. The summed E-state index contributed by atoms with van der Waals surface area (Å²) in [6.07, 6.45) is 0.0196. The van der Waals surface area contributed by atoms with Crippen LogP contribution in [-0.4, -0.2) is 19.3 Å². The molecule has 0 radical (unpaired) electrons. The first-order valence-electron chi connectivity index (χ1n) is 6.79. The number of nitro benzene ring substituents is 2. The molecule has 1 atom stereocenters. The number of pyridine rings is 1. The molecule has 1 heterocycles. The molecule has 1 aromatic heterocycles. The van der Waals surface area contributed by atoms with Crippen LogP contribution in [0.2, 0.25) is 0 Å². The fraction of sp³-hybridized carbons (Fsp3) is 0.308. The summed E-state index contributed by atoms with van der Waals surface area (Å²) in [4.78, 5) is 43.3. The lowest BCUT2D eigenvalue weighted by Gasteiger charge is -2.13. The SMILES string of the molecule is CCC(c1cc(=O)n(C)c2c([N+](=O)[O-])cc([N+](=O)[O-])cc12)[N+](=O)[O-]. The third-order valence-electron chi connectivity index (χ3n) is 3.74. The number of benzene rings is 1. The van der Waals surface area contributed by atoms with Crippen molar-refractivity contribution in [3.05, 3.63) is 64.5 Å². The number of aromatic nitrogens is 1. The molecule has 2 rings (SSSR count). The monoisotopic (exact) mass is 336 g/mol. The van der Waals surface area contributed by atoms with Crippen molar-refractivity contribution in [2.45, 2.75) is 19.4 Å². The van der Waals surface area contributed by atoms with Gasteiger partial charge in [0.2, 0.25) is 6.04 Å². The van der Waals surface area contributed by atoms with Crippen molar-refractivity contribution < 1.29 is 14.8 Å². The van der Waals surface area contributed by atoms with Gasteiger partial charge in [-0.2, -0.15) is 0 Å². The Bertz CT molecular complexity index is 934. The summed E-state index contributed by atoms with van der Waals surface area (Å²) in [7, 11) is 1.26. The molecule has 0 bridgehead atoms. The Morgan fingerprint density at radius 2 is 1.71 bits per heavy atom. The molecule has 1 aromatic carbocycles. The highest BCUT2D eigenvalue weighted by Crippen LogP contribution is 2.35. The van der Waals surface area contributed by atoms with E-state index in [0.717, 1.165) is 22.8 Å². The third kappa shape index (κ3) is 2.66. The summed E-state index contributed by atoms with van der Waals surface area (Å²) in [6.45, 7) is 1.52. The predicted octanol–water partition coefficient (Wildman–Crippen LogP) is 2.08. The highest BCUT2D eigenvalue weighted by Gasteiger charge is 2.29. The third-order valence-corrected chi connectivity index (χ3v) is 3.74. The maximum atomic E-state index is 12.1. The van der Waals surface area contributed by atoms with Gasteiger partial charge in [0.25, 0.3) is 16.9 Å². The van der Waals surface area contributed by atoms with E-state index in [1.54, 1.807) is 0 Å². The standard InChI is InChI=1S/C13H12N4O7/c1-3-10(16(21)22)8-6-12(18)14(2)13-9(8)4-7(15(19)20)5-11(13)17(23)24/h4-6,10H,3H2,1-2H3. The normalized spacial score (nSPS) is 12.1. The van der Waals surface area contributed by atoms with Crippen molar-refractivity contribution in [1.82, 2.24) is 4.57 Å². The Morgan fingerprint density at radius 3 is 2.17 bits per heavy atom. The summed E-state index contributed by atoms with van der Waals surface area (Å²) in [6, 6.07) is 1.44. The van der Waals surface area contributed by atoms with Gasteiger partial charge in [-0.25, -0.2) is 0 Å². The lowest BCUT2D eigenvalue weighted by atomic mass is 9.99. The molecule has 0 spiro atoms. The van der Waals surface area contributed by atoms with E-state index in [1.165, 1.54) is 14.0 Å². The van der Waals surface area contributed by atoms with E-state index < -0.39 is 37.7 Å². The molecular formula is C13H12N4O7. The van der Waals surface area contributed by atoms with Crippen LogP contribution in [0.25, 0.3) is 10.9 Å². The first-order chi connectivity index (χ1) is 11.2. The minimum Gasteiger partial charge on any atom is -0.305 e. The number of aryl methyl sites for hydroxylation is 1. The van der Waals surface area contributed by atoms with Crippen LogP contribution in [0.5, 0.6) is 0 Å². The van der Waals surface area contributed by atoms with Gasteiger partial charge in [-0.15, -0.1) is 0 Å². The van der Waals surface area contributed by atoms with Crippen molar-refractivity contribution in [2.24, 2.45) is 7.05 Å². The zero-order valence-electron chi connectivity index (χ0n) is 12.7. The van der Waals surface area contributed by atoms with Crippen LogP contribution in [0, 0.1) is 30.3 Å². The summed E-state index contributed by atoms with van der Waals surface area (Å²) < 4.78 is 0.952. The quantitative estimate of drug-likeness (QED) is 0.598. The molecule has 24 heavy (non-hydrogen) atoms. The lowest BCUT2D eigenvalue weighted by Crippen LogP contribution is -2.21. The molecule has 0 fully saturated rings. The van der Waals surface area contributed by atoms with E-state index in [-0.39, 0.29) is 22.9 Å². The molecule has 0 amide bonds. The van der Waals surface area contributed by atoms with Gasteiger partial charge in [-0.3, -0.25) is 35.1 Å². The fourth-order valence-electron chi connectivity index (χ4n) is 2.60. The Morgan fingerprint density at radius 1 is 1.08 bits per heavy atom. The first-order valence-corrected chi connectivity index (χ1v) is 6.79. The number of fused-ring (bicyclic) bond motifs is 1. The Balaban J connectivity index is 3.08. The second kappa shape index (κ2) is 6.02. The van der Waals surface area contributed by atoms with Gasteiger partial charge < -0.3 is 4.57 Å². The molecule has 11 nitrogen and oxygen atoms in total. The van der Waals surface area contributed by atoms with Gasteiger partial charge in [0.1, 0.15) is 5.52 Å². The lowest BCUT2D eigenvalue weighted by molar-refractivity contribution is -0.529. The second-order valence-electron chi connectivity index (χ2n) is 5.08. The number of nitrogens with zero attached hydrogens (tertiary/aromatic N) is 4. The van der Waals surface area contributed by atoms with E-state index in [4.69, 9.17) is 0 Å². The van der Waals surface area contributed by atoms with Crippen LogP contribution >= 0.6 is 0 Å². The number of hydrogen-bond donors (Lipinski definition) is 0. The molecule has 1 unspecified atom stereocenters. The van der Waals surface area contributed by atoms with Gasteiger partial charge >= 0.3 is 0 Å². The van der Waals surface area contributed by atoms with E-state index in [0.29, 0.717) is 0 Å². The van der Waals surface area contributed by atoms with Gasteiger partial charge in [0.15, 0.2) is 0 Å². The number of non-ortho nitro benzene ring substituents is 2. The second-order valence-corrected chi connectivity index (χ2v) is 5.08. The van der Waals surface area contributed by atoms with Crippen molar-refractivity contribution in [3.8, 4) is 0 Å². The van der Waals surface area contributed by atoms with Gasteiger partial charge in [-0.1, -0.05) is 6.92 Å². The molecule has 0 saturated carbocycles. The largest absolute Gasteiger partial charge is 0.305 e. The van der Waals surface area contributed by atoms with Gasteiger partial charge in [0, 0.05) is 41.5 Å². The van der Waals surface area contributed by atoms with Crippen LogP contribution in [0.1, 0.15) is 24.9 Å². The summed E-state index contributed by atoms with van der Waals surface area (Å²) in [5.74, 6) is 0. The van der Waals surface area contributed by atoms with Crippen molar-refractivity contribution in [3.63, 3.8) is 0 Å². The van der Waals surface area contributed by atoms with Crippen molar-refractivity contribution in [2.75, 3.05) is 0 Å². The Hall–Kier alpha value is -3.37. The van der Waals surface area contributed by atoms with E-state index >= 15 is 0 Å². The first kappa shape index (κ1) is 17.0. The average molecular weight is 336 g/mol. The predicted molar refractivity (Wildman–Crippen MR) is 82.5 cm³/mol. The zero-order valence-corrected chi connectivity index (χ0v) is 12.7. The van der Waals surface area contributed by atoms with Crippen LogP contribution in [0.3, 0.4) is 0 Å². The van der Waals surface area contributed by atoms with E-state index in [1.807, 2.05) is 0 Å². The van der Waals surface area contributed by atoms with E-state index in [2.05, 4.69) is 0 Å². The average Bonchev–Trinajstić information content (AvgIpc) is 2.50. The molecule has 0 aliphatic heterocycles. The molecule has 0 aliphatic carbocycles. The number of hydrogen-bond acceptors (Lipinski definition) is 7. The number of nitro groups is 3.